The van der Waals surface area contributed by atoms with Gasteiger partial charge in [0.05, 0.1) is 6.04 Å². The van der Waals surface area contributed by atoms with Crippen LogP contribution in [-0.4, -0.2) is 0 Å². The van der Waals surface area contributed by atoms with Gasteiger partial charge in [-0.1, -0.05) is 60.7 Å². The summed E-state index contributed by atoms with van der Waals surface area (Å²) in [6.45, 7) is 0. The van der Waals surface area contributed by atoms with E-state index >= 15 is 0 Å². The molecule has 0 saturated carbocycles. The summed E-state index contributed by atoms with van der Waals surface area (Å²) in [4.78, 5) is 0. The monoisotopic (exact) mass is 315 g/mol. The van der Waals surface area contributed by atoms with Crippen LogP contribution in [0.3, 0.4) is 0 Å². The number of halogens is 1. The molecule has 1 aliphatic heterocycles. The Hall–Kier alpha value is -2.61. The zero-order valence-corrected chi connectivity index (χ0v) is 13.2. The Balaban J connectivity index is 1.71. The van der Waals surface area contributed by atoms with Crippen LogP contribution in [0.5, 0.6) is 0 Å². The zero-order valence-electron chi connectivity index (χ0n) is 13.2. The van der Waals surface area contributed by atoms with E-state index in [1.54, 1.807) is 12.1 Å². The molecule has 1 heterocycles. The molecule has 24 heavy (non-hydrogen) atoms. The standard InChI is InChI=1S/C22H18FN/c23-19-11-4-3-8-18(19)22-17-10-5-9-16(17)21-15-7-2-1-6-14(15)12-13-20(21)24-22/h1-9,11-13,16-17,22,24H,10H2/t16-,17+,22+/m0/s1. The average molecular weight is 315 g/mol. The highest BCUT2D eigenvalue weighted by Crippen LogP contribution is 2.51. The van der Waals surface area contributed by atoms with Gasteiger partial charge < -0.3 is 5.32 Å². The van der Waals surface area contributed by atoms with E-state index in [4.69, 9.17) is 0 Å². The Kier molecular flexibility index (Phi) is 2.99. The van der Waals surface area contributed by atoms with Crippen LogP contribution in [0.1, 0.15) is 29.5 Å². The smallest absolute Gasteiger partial charge is 0.128 e. The molecule has 0 bridgehead atoms. The Labute approximate surface area is 140 Å². The van der Waals surface area contributed by atoms with E-state index in [0.29, 0.717) is 11.8 Å². The normalized spacial score (nSPS) is 24.5. The first-order valence-electron chi connectivity index (χ1n) is 8.52. The van der Waals surface area contributed by atoms with Crippen molar-refractivity contribution >= 4 is 16.5 Å². The van der Waals surface area contributed by atoms with Gasteiger partial charge in [0, 0.05) is 17.2 Å². The summed E-state index contributed by atoms with van der Waals surface area (Å²) in [5.74, 6) is 0.585. The summed E-state index contributed by atoms with van der Waals surface area (Å²) in [5.41, 5.74) is 3.27. The van der Waals surface area contributed by atoms with E-state index < -0.39 is 0 Å². The molecule has 2 aliphatic rings. The molecule has 118 valence electrons. The third-order valence-electron chi connectivity index (χ3n) is 5.50. The molecule has 0 aromatic heterocycles. The minimum atomic E-state index is -0.120. The Morgan fingerprint density at radius 2 is 1.75 bits per heavy atom. The highest BCUT2D eigenvalue weighted by molar-refractivity contribution is 5.91. The lowest BCUT2D eigenvalue weighted by molar-refractivity contribution is 0.415. The molecule has 3 atom stereocenters. The van der Waals surface area contributed by atoms with E-state index in [-0.39, 0.29) is 11.9 Å². The van der Waals surface area contributed by atoms with Gasteiger partial charge in [-0.25, -0.2) is 4.39 Å². The second-order valence-electron chi connectivity index (χ2n) is 6.74. The van der Waals surface area contributed by atoms with Gasteiger partial charge in [0.15, 0.2) is 0 Å². The van der Waals surface area contributed by atoms with E-state index in [0.717, 1.165) is 17.7 Å². The molecule has 0 unspecified atom stereocenters. The lowest BCUT2D eigenvalue weighted by Crippen LogP contribution is -2.29. The van der Waals surface area contributed by atoms with Crippen LogP contribution in [0.15, 0.2) is 72.8 Å². The van der Waals surface area contributed by atoms with Gasteiger partial charge in [-0.15, -0.1) is 0 Å². The molecule has 1 nitrogen and oxygen atoms in total. The van der Waals surface area contributed by atoms with E-state index in [1.165, 1.54) is 16.3 Å². The number of rotatable bonds is 1. The Morgan fingerprint density at radius 3 is 2.67 bits per heavy atom. The lowest BCUT2D eigenvalue weighted by Gasteiger charge is -2.38. The van der Waals surface area contributed by atoms with Gasteiger partial charge in [-0.2, -0.15) is 0 Å². The maximum atomic E-state index is 14.4. The van der Waals surface area contributed by atoms with Gasteiger partial charge in [-0.05, 0) is 40.8 Å². The first-order valence-corrected chi connectivity index (χ1v) is 8.52. The molecule has 1 N–H and O–H groups in total. The van der Waals surface area contributed by atoms with Crippen molar-refractivity contribution < 1.29 is 4.39 Å². The third-order valence-corrected chi connectivity index (χ3v) is 5.50. The minimum Gasteiger partial charge on any atom is -0.378 e. The molecular formula is C22H18FN. The second-order valence-corrected chi connectivity index (χ2v) is 6.74. The third kappa shape index (κ3) is 1.92. The lowest BCUT2D eigenvalue weighted by atomic mass is 9.75. The quantitative estimate of drug-likeness (QED) is 0.559. The summed E-state index contributed by atoms with van der Waals surface area (Å²) >= 11 is 0. The summed E-state index contributed by atoms with van der Waals surface area (Å²) < 4.78 is 14.4. The zero-order chi connectivity index (χ0) is 16.1. The number of hydrogen-bond donors (Lipinski definition) is 1. The first kappa shape index (κ1) is 13.8. The van der Waals surface area contributed by atoms with E-state index in [9.17, 15) is 4.39 Å². The maximum absolute atomic E-state index is 14.4. The molecule has 2 heteroatoms. The molecule has 0 fully saturated rings. The van der Waals surface area contributed by atoms with Gasteiger partial charge in [0.1, 0.15) is 5.82 Å². The molecular weight excluding hydrogens is 297 g/mol. The predicted octanol–water partition coefficient (Wildman–Crippen LogP) is 5.81. The van der Waals surface area contributed by atoms with E-state index in [1.807, 2.05) is 12.1 Å². The topological polar surface area (TPSA) is 12.0 Å². The number of nitrogens with one attached hydrogen (secondary N) is 1. The summed E-state index contributed by atoms with van der Waals surface area (Å²) in [7, 11) is 0. The van der Waals surface area contributed by atoms with Crippen molar-refractivity contribution in [3.8, 4) is 0 Å². The van der Waals surface area contributed by atoms with Crippen LogP contribution in [-0.2, 0) is 0 Å². The fourth-order valence-electron chi connectivity index (χ4n) is 4.42. The van der Waals surface area contributed by atoms with Crippen LogP contribution in [0.4, 0.5) is 10.1 Å². The van der Waals surface area contributed by atoms with E-state index in [2.05, 4.69) is 53.9 Å². The highest BCUT2D eigenvalue weighted by atomic mass is 19.1. The first-order chi connectivity index (χ1) is 11.8. The van der Waals surface area contributed by atoms with Crippen molar-refractivity contribution in [2.24, 2.45) is 5.92 Å². The molecule has 0 saturated heterocycles. The number of allylic oxidation sites excluding steroid dienone is 2. The van der Waals surface area contributed by atoms with Crippen molar-refractivity contribution in [3.63, 3.8) is 0 Å². The molecule has 5 rings (SSSR count). The van der Waals surface area contributed by atoms with Gasteiger partial charge in [0.2, 0.25) is 0 Å². The number of benzene rings is 3. The predicted molar refractivity (Wildman–Crippen MR) is 96.7 cm³/mol. The fraction of sp³-hybridized carbons (Fsp3) is 0.182. The molecule has 1 aliphatic carbocycles. The molecule has 3 aromatic carbocycles. The van der Waals surface area contributed by atoms with Gasteiger partial charge in [-0.3, -0.25) is 0 Å². The molecule has 3 aromatic rings. The summed E-state index contributed by atoms with van der Waals surface area (Å²) in [6.07, 6.45) is 5.55. The molecule has 0 amide bonds. The summed E-state index contributed by atoms with van der Waals surface area (Å²) in [6, 6.07) is 20.0. The number of anilines is 1. The molecule has 0 radical (unpaired) electrons. The fourth-order valence-corrected chi connectivity index (χ4v) is 4.42. The number of fused-ring (bicyclic) bond motifs is 5. The largest absolute Gasteiger partial charge is 0.378 e. The van der Waals surface area contributed by atoms with Gasteiger partial charge in [0.25, 0.3) is 0 Å². The van der Waals surface area contributed by atoms with Crippen molar-refractivity contribution in [2.75, 3.05) is 5.32 Å². The molecule has 0 spiro atoms. The number of hydrogen-bond acceptors (Lipinski definition) is 1. The van der Waals surface area contributed by atoms with Crippen molar-refractivity contribution in [2.45, 2.75) is 18.4 Å². The Bertz CT molecular complexity index is 959. The van der Waals surface area contributed by atoms with Crippen molar-refractivity contribution in [3.05, 3.63) is 89.8 Å². The highest BCUT2D eigenvalue weighted by Gasteiger charge is 2.39. The minimum absolute atomic E-state index is 0.0138. The maximum Gasteiger partial charge on any atom is 0.128 e. The van der Waals surface area contributed by atoms with Crippen LogP contribution in [0.25, 0.3) is 10.8 Å². The van der Waals surface area contributed by atoms with Crippen molar-refractivity contribution in [1.82, 2.24) is 0 Å². The summed E-state index contributed by atoms with van der Waals surface area (Å²) in [5, 5.41) is 6.20. The van der Waals surface area contributed by atoms with Crippen LogP contribution in [0, 0.1) is 11.7 Å². The average Bonchev–Trinajstić information content (AvgIpc) is 3.11. The van der Waals surface area contributed by atoms with Crippen LogP contribution < -0.4 is 5.32 Å². The van der Waals surface area contributed by atoms with Crippen LogP contribution in [0.2, 0.25) is 0 Å². The van der Waals surface area contributed by atoms with Crippen LogP contribution >= 0.6 is 0 Å². The second kappa shape index (κ2) is 5.20. The van der Waals surface area contributed by atoms with Gasteiger partial charge >= 0.3 is 0 Å². The van der Waals surface area contributed by atoms with Crippen molar-refractivity contribution in [1.29, 1.82) is 0 Å². The Morgan fingerprint density at radius 1 is 0.917 bits per heavy atom. The SMILES string of the molecule is Fc1ccccc1[C@@H]1Nc2ccc3ccccc3c2[C@H]2C=CC[C@H]21.